The third-order valence-electron chi connectivity index (χ3n) is 5.85. The smallest absolute Gasteiger partial charge is 0.226 e. The molecule has 33 heavy (non-hydrogen) atoms. The SMILES string of the molecule is Cc1oc(-c2ccccc2)nc1CSc1nnc(CN2CCCCC2)n1-c1ccc(F)cc1. The molecule has 1 saturated heterocycles. The minimum atomic E-state index is -0.259. The fraction of sp³-hybridized carbons (Fsp3) is 0.320. The van der Waals surface area contributed by atoms with Gasteiger partial charge < -0.3 is 4.42 Å². The van der Waals surface area contributed by atoms with E-state index in [-0.39, 0.29) is 5.82 Å². The molecule has 0 atom stereocenters. The van der Waals surface area contributed by atoms with Crippen LogP contribution < -0.4 is 0 Å². The molecule has 0 amide bonds. The van der Waals surface area contributed by atoms with E-state index in [0.717, 1.165) is 53.3 Å². The molecule has 1 fully saturated rings. The van der Waals surface area contributed by atoms with Crippen molar-refractivity contribution < 1.29 is 8.81 Å². The lowest BCUT2D eigenvalue weighted by Gasteiger charge is -2.26. The summed E-state index contributed by atoms with van der Waals surface area (Å²) < 4.78 is 21.5. The number of aromatic nitrogens is 4. The summed E-state index contributed by atoms with van der Waals surface area (Å²) in [7, 11) is 0. The summed E-state index contributed by atoms with van der Waals surface area (Å²) in [5.41, 5.74) is 2.69. The van der Waals surface area contributed by atoms with Crippen molar-refractivity contribution in [2.75, 3.05) is 13.1 Å². The topological polar surface area (TPSA) is 60.0 Å². The third-order valence-corrected chi connectivity index (χ3v) is 6.79. The monoisotopic (exact) mass is 463 g/mol. The maximum Gasteiger partial charge on any atom is 0.226 e. The molecular formula is C25H26FN5OS. The number of piperidine rings is 1. The molecule has 4 aromatic rings. The first kappa shape index (κ1) is 21.9. The van der Waals surface area contributed by atoms with Gasteiger partial charge in [0.2, 0.25) is 5.89 Å². The number of thioether (sulfide) groups is 1. The van der Waals surface area contributed by atoms with Crippen molar-refractivity contribution in [2.45, 2.75) is 43.6 Å². The van der Waals surface area contributed by atoms with E-state index in [0.29, 0.717) is 11.6 Å². The predicted molar refractivity (Wildman–Crippen MR) is 127 cm³/mol. The first-order valence-electron chi connectivity index (χ1n) is 11.2. The van der Waals surface area contributed by atoms with E-state index in [2.05, 4.69) is 15.1 Å². The molecule has 2 aromatic carbocycles. The molecule has 170 valence electrons. The van der Waals surface area contributed by atoms with E-state index in [1.165, 1.54) is 31.4 Å². The minimum absolute atomic E-state index is 0.259. The van der Waals surface area contributed by atoms with E-state index < -0.39 is 0 Å². The number of hydrogen-bond acceptors (Lipinski definition) is 6. The molecule has 0 aliphatic carbocycles. The van der Waals surface area contributed by atoms with Gasteiger partial charge in [0, 0.05) is 17.0 Å². The number of rotatable bonds is 7. The zero-order valence-corrected chi connectivity index (χ0v) is 19.4. The van der Waals surface area contributed by atoms with Gasteiger partial charge in [0.15, 0.2) is 11.0 Å². The van der Waals surface area contributed by atoms with Gasteiger partial charge in [0.25, 0.3) is 0 Å². The largest absolute Gasteiger partial charge is 0.441 e. The Morgan fingerprint density at radius 1 is 0.970 bits per heavy atom. The van der Waals surface area contributed by atoms with Crippen LogP contribution >= 0.6 is 11.8 Å². The highest BCUT2D eigenvalue weighted by Crippen LogP contribution is 2.29. The van der Waals surface area contributed by atoms with Crippen molar-refractivity contribution in [3.63, 3.8) is 0 Å². The van der Waals surface area contributed by atoms with Gasteiger partial charge in [-0.2, -0.15) is 0 Å². The summed E-state index contributed by atoms with van der Waals surface area (Å²) in [4.78, 5) is 7.12. The second kappa shape index (κ2) is 9.89. The number of nitrogens with zero attached hydrogens (tertiary/aromatic N) is 5. The summed E-state index contributed by atoms with van der Waals surface area (Å²) in [5, 5.41) is 9.76. The molecule has 0 radical (unpaired) electrons. The Balaban J connectivity index is 1.40. The quantitative estimate of drug-likeness (QED) is 0.330. The van der Waals surface area contributed by atoms with Crippen molar-refractivity contribution in [1.29, 1.82) is 0 Å². The Morgan fingerprint density at radius 2 is 1.73 bits per heavy atom. The van der Waals surface area contributed by atoms with Crippen LogP contribution in [-0.2, 0) is 12.3 Å². The van der Waals surface area contributed by atoms with Gasteiger partial charge in [-0.05, 0) is 69.3 Å². The Morgan fingerprint density at radius 3 is 2.48 bits per heavy atom. The highest BCUT2D eigenvalue weighted by molar-refractivity contribution is 7.98. The van der Waals surface area contributed by atoms with Crippen molar-refractivity contribution in [3.8, 4) is 17.1 Å². The molecule has 2 aromatic heterocycles. The maximum absolute atomic E-state index is 13.6. The van der Waals surface area contributed by atoms with Gasteiger partial charge in [0.1, 0.15) is 11.6 Å². The van der Waals surface area contributed by atoms with Crippen LogP contribution in [0, 0.1) is 12.7 Å². The summed E-state index contributed by atoms with van der Waals surface area (Å²) in [6.07, 6.45) is 3.70. The normalized spacial score (nSPS) is 14.6. The predicted octanol–water partition coefficient (Wildman–Crippen LogP) is 5.65. The fourth-order valence-electron chi connectivity index (χ4n) is 4.06. The van der Waals surface area contributed by atoms with Crippen LogP contribution in [0.25, 0.3) is 17.1 Å². The molecule has 1 aliphatic rings. The lowest BCUT2D eigenvalue weighted by atomic mass is 10.1. The second-order valence-corrected chi connectivity index (χ2v) is 9.17. The number of hydrogen-bond donors (Lipinski definition) is 0. The molecule has 0 spiro atoms. The standard InChI is InChI=1S/C25H26FN5OS/c1-18-22(27-24(32-18)19-8-4-2-5-9-19)17-33-25-29-28-23(16-30-14-6-3-7-15-30)31(25)21-12-10-20(26)11-13-21/h2,4-5,8-13H,3,6-7,14-17H2,1H3. The van der Waals surface area contributed by atoms with Crippen LogP contribution in [-0.4, -0.2) is 37.7 Å². The molecule has 6 nitrogen and oxygen atoms in total. The highest BCUT2D eigenvalue weighted by atomic mass is 32.2. The summed E-state index contributed by atoms with van der Waals surface area (Å²) in [6.45, 7) is 4.80. The van der Waals surface area contributed by atoms with Crippen LogP contribution in [0.15, 0.2) is 64.2 Å². The number of aryl methyl sites for hydroxylation is 1. The summed E-state index contributed by atoms with van der Waals surface area (Å²) in [5.74, 6) is 2.63. The fourth-order valence-corrected chi connectivity index (χ4v) is 5.03. The first-order valence-corrected chi connectivity index (χ1v) is 12.2. The van der Waals surface area contributed by atoms with Gasteiger partial charge in [0.05, 0.1) is 12.2 Å². The zero-order chi connectivity index (χ0) is 22.6. The van der Waals surface area contributed by atoms with Crippen molar-refractivity contribution in [2.24, 2.45) is 0 Å². The molecule has 8 heteroatoms. The molecule has 0 saturated carbocycles. The molecule has 0 bridgehead atoms. The van der Waals surface area contributed by atoms with Gasteiger partial charge in [-0.25, -0.2) is 9.37 Å². The molecule has 0 unspecified atom stereocenters. The van der Waals surface area contributed by atoms with Gasteiger partial charge in [-0.15, -0.1) is 10.2 Å². The average Bonchev–Trinajstić information content (AvgIpc) is 3.42. The number of likely N-dealkylation sites (tertiary alicyclic amines) is 1. The van der Waals surface area contributed by atoms with Crippen molar-refractivity contribution in [3.05, 3.63) is 77.7 Å². The van der Waals surface area contributed by atoms with E-state index in [9.17, 15) is 4.39 Å². The van der Waals surface area contributed by atoms with E-state index in [1.54, 1.807) is 23.9 Å². The molecule has 3 heterocycles. The molecule has 5 rings (SSSR count). The first-order chi connectivity index (χ1) is 16.2. The Labute approximate surface area is 196 Å². The second-order valence-electron chi connectivity index (χ2n) is 8.22. The van der Waals surface area contributed by atoms with Crippen LogP contribution in [0.2, 0.25) is 0 Å². The van der Waals surface area contributed by atoms with E-state index in [4.69, 9.17) is 9.40 Å². The maximum atomic E-state index is 13.6. The van der Waals surface area contributed by atoms with Gasteiger partial charge in [-0.1, -0.05) is 36.4 Å². The van der Waals surface area contributed by atoms with Crippen molar-refractivity contribution in [1.82, 2.24) is 24.6 Å². The lowest BCUT2D eigenvalue weighted by Crippen LogP contribution is -2.30. The number of oxazole rings is 1. The lowest BCUT2D eigenvalue weighted by molar-refractivity contribution is 0.214. The van der Waals surface area contributed by atoms with Crippen LogP contribution in [0.1, 0.15) is 36.5 Å². The minimum Gasteiger partial charge on any atom is -0.441 e. The van der Waals surface area contributed by atoms with E-state index in [1.807, 2.05) is 41.8 Å². The van der Waals surface area contributed by atoms with Crippen LogP contribution in [0.5, 0.6) is 0 Å². The van der Waals surface area contributed by atoms with Gasteiger partial charge in [-0.3, -0.25) is 9.47 Å². The summed E-state index contributed by atoms with van der Waals surface area (Å²) >= 11 is 1.56. The Hall–Kier alpha value is -2.97. The van der Waals surface area contributed by atoms with Crippen molar-refractivity contribution >= 4 is 11.8 Å². The zero-order valence-electron chi connectivity index (χ0n) is 18.6. The van der Waals surface area contributed by atoms with Gasteiger partial charge >= 0.3 is 0 Å². The number of benzene rings is 2. The average molecular weight is 464 g/mol. The molecule has 1 aliphatic heterocycles. The Bertz CT molecular complexity index is 1200. The third kappa shape index (κ3) is 5.02. The summed E-state index contributed by atoms with van der Waals surface area (Å²) in [6, 6.07) is 16.4. The van der Waals surface area contributed by atoms with E-state index >= 15 is 0 Å². The molecule has 0 N–H and O–H groups in total. The number of halogens is 1. The van der Waals surface area contributed by atoms with Crippen LogP contribution in [0.4, 0.5) is 4.39 Å². The van der Waals surface area contributed by atoms with Crippen LogP contribution in [0.3, 0.4) is 0 Å². The highest BCUT2D eigenvalue weighted by Gasteiger charge is 2.20. The Kier molecular flexibility index (Phi) is 6.55. The molecular weight excluding hydrogens is 437 g/mol.